The first kappa shape index (κ1) is 30.4. The van der Waals surface area contributed by atoms with Crippen molar-refractivity contribution in [2.75, 3.05) is 0 Å². The van der Waals surface area contributed by atoms with Crippen molar-refractivity contribution < 1.29 is 0 Å². The fourth-order valence-corrected chi connectivity index (χ4v) is 9.32. The molecule has 6 nitrogen and oxygen atoms in total. The first-order valence-electron chi connectivity index (χ1n) is 18.6. The quantitative estimate of drug-likeness (QED) is 0.198. The molecule has 0 aliphatic heterocycles. The van der Waals surface area contributed by atoms with Crippen LogP contribution in [-0.2, 0) is 0 Å². The highest BCUT2D eigenvalue weighted by molar-refractivity contribution is 6.25. The number of fused-ring (bicyclic) bond motifs is 13. The van der Waals surface area contributed by atoms with Crippen LogP contribution in [0.4, 0.5) is 0 Å². The van der Waals surface area contributed by atoms with Gasteiger partial charge in [-0.1, -0.05) is 97.1 Å². The van der Waals surface area contributed by atoms with E-state index >= 15 is 0 Å². The van der Waals surface area contributed by atoms with Gasteiger partial charge in [0.2, 0.25) is 0 Å². The van der Waals surface area contributed by atoms with Crippen LogP contribution in [0.15, 0.2) is 164 Å². The van der Waals surface area contributed by atoms with Crippen molar-refractivity contribution in [3.8, 4) is 29.2 Å². The van der Waals surface area contributed by atoms with Gasteiger partial charge < -0.3 is 18.7 Å². The van der Waals surface area contributed by atoms with Crippen molar-refractivity contribution in [3.05, 3.63) is 175 Å². The van der Waals surface area contributed by atoms with E-state index in [1.54, 1.807) is 6.07 Å². The number of benzene rings is 8. The molecule has 12 rings (SSSR count). The van der Waals surface area contributed by atoms with Gasteiger partial charge in [-0.25, -0.2) is 0 Å². The standard InChI is InChI=1S/C50H28N6/c51-28-30-25-31(29-52)48(27-47(30)55-43-19-9-4-14-36(43)37-15-5-10-20-44(37)55)56-45-23-21-32(54-41-17-7-2-12-34(41)35-13-3-8-18-42(35)54)26-39(45)49-46(56)24-22-38-33-11-1-6-16-40(33)53-50(38)49/h1-27,53H. The Hall–Kier alpha value is -8.06. The normalized spacial score (nSPS) is 11.9. The summed E-state index contributed by atoms with van der Waals surface area (Å²) in [5.74, 6) is 0. The lowest BCUT2D eigenvalue weighted by molar-refractivity contribution is 1.12. The third kappa shape index (κ3) is 3.97. The number of aromatic nitrogens is 4. The van der Waals surface area contributed by atoms with Crippen LogP contribution in [0.25, 0.3) is 104 Å². The fraction of sp³-hybridized carbons (Fsp3) is 0. The molecule has 0 atom stereocenters. The Morgan fingerprint density at radius 1 is 0.375 bits per heavy atom. The highest BCUT2D eigenvalue weighted by atomic mass is 15.0. The Morgan fingerprint density at radius 2 is 0.839 bits per heavy atom. The van der Waals surface area contributed by atoms with Crippen LogP contribution in [-0.4, -0.2) is 18.7 Å². The maximum absolute atomic E-state index is 10.8. The first-order valence-corrected chi connectivity index (χ1v) is 18.6. The molecule has 8 aromatic carbocycles. The molecule has 0 saturated heterocycles. The van der Waals surface area contributed by atoms with Gasteiger partial charge in [0.05, 0.1) is 61.1 Å². The minimum Gasteiger partial charge on any atom is -0.354 e. The predicted molar refractivity (Wildman–Crippen MR) is 228 cm³/mol. The molecule has 0 aliphatic carbocycles. The Morgan fingerprint density at radius 3 is 1.41 bits per heavy atom. The molecule has 4 aromatic heterocycles. The molecular weight excluding hydrogens is 685 g/mol. The molecule has 0 spiro atoms. The molecule has 258 valence electrons. The molecule has 4 heterocycles. The summed E-state index contributed by atoms with van der Waals surface area (Å²) in [5, 5.41) is 30.5. The zero-order chi connectivity index (χ0) is 37.1. The summed E-state index contributed by atoms with van der Waals surface area (Å²) in [6.07, 6.45) is 0. The maximum atomic E-state index is 10.8. The van der Waals surface area contributed by atoms with E-state index in [0.717, 1.165) is 87.8 Å². The van der Waals surface area contributed by atoms with Gasteiger partial charge in [-0.15, -0.1) is 0 Å². The molecule has 0 aliphatic rings. The van der Waals surface area contributed by atoms with E-state index in [1.807, 2.05) is 30.3 Å². The summed E-state index contributed by atoms with van der Waals surface area (Å²) in [4.78, 5) is 3.78. The van der Waals surface area contributed by atoms with Gasteiger partial charge in [0, 0.05) is 54.3 Å². The highest BCUT2D eigenvalue weighted by Gasteiger charge is 2.23. The molecule has 0 amide bonds. The zero-order valence-electron chi connectivity index (χ0n) is 29.8. The van der Waals surface area contributed by atoms with Crippen molar-refractivity contribution >= 4 is 87.2 Å². The second-order valence-electron chi connectivity index (χ2n) is 14.4. The van der Waals surface area contributed by atoms with E-state index < -0.39 is 0 Å². The third-order valence-corrected chi connectivity index (χ3v) is 11.6. The van der Waals surface area contributed by atoms with Crippen molar-refractivity contribution in [2.45, 2.75) is 0 Å². The van der Waals surface area contributed by atoms with Crippen LogP contribution < -0.4 is 0 Å². The minimum absolute atomic E-state index is 0.424. The molecule has 0 fully saturated rings. The van der Waals surface area contributed by atoms with E-state index in [-0.39, 0.29) is 0 Å². The number of H-pyrrole nitrogens is 1. The summed E-state index contributed by atoms with van der Waals surface area (Å²) < 4.78 is 6.72. The molecule has 56 heavy (non-hydrogen) atoms. The van der Waals surface area contributed by atoms with Crippen LogP contribution in [0.2, 0.25) is 0 Å². The van der Waals surface area contributed by atoms with Crippen LogP contribution in [0.1, 0.15) is 11.1 Å². The van der Waals surface area contributed by atoms with E-state index in [2.05, 4.69) is 158 Å². The smallest absolute Gasteiger partial charge is 0.101 e. The summed E-state index contributed by atoms with van der Waals surface area (Å²) >= 11 is 0. The van der Waals surface area contributed by atoms with Crippen molar-refractivity contribution in [1.82, 2.24) is 18.7 Å². The first-order chi connectivity index (χ1) is 27.7. The zero-order valence-corrected chi connectivity index (χ0v) is 29.8. The number of nitriles is 2. The number of aromatic amines is 1. The molecule has 0 radical (unpaired) electrons. The number of para-hydroxylation sites is 5. The number of hydrogen-bond acceptors (Lipinski definition) is 2. The maximum Gasteiger partial charge on any atom is 0.101 e. The highest BCUT2D eigenvalue weighted by Crippen LogP contribution is 2.43. The van der Waals surface area contributed by atoms with Crippen LogP contribution in [0.3, 0.4) is 0 Å². The summed E-state index contributed by atoms with van der Waals surface area (Å²) in [6, 6.07) is 61.9. The number of hydrogen-bond donors (Lipinski definition) is 1. The lowest BCUT2D eigenvalue weighted by atomic mass is 10.1. The van der Waals surface area contributed by atoms with Crippen molar-refractivity contribution in [3.63, 3.8) is 0 Å². The van der Waals surface area contributed by atoms with Gasteiger partial charge in [0.25, 0.3) is 0 Å². The minimum atomic E-state index is 0.424. The van der Waals surface area contributed by atoms with Crippen LogP contribution >= 0.6 is 0 Å². The van der Waals surface area contributed by atoms with Gasteiger partial charge in [0.15, 0.2) is 0 Å². The average Bonchev–Trinajstić information content (AvgIpc) is 3.99. The van der Waals surface area contributed by atoms with Gasteiger partial charge in [0.1, 0.15) is 12.1 Å². The number of nitrogens with zero attached hydrogens (tertiary/aromatic N) is 5. The fourth-order valence-electron chi connectivity index (χ4n) is 9.32. The van der Waals surface area contributed by atoms with Crippen molar-refractivity contribution in [2.24, 2.45) is 0 Å². The number of rotatable bonds is 3. The average molecular weight is 713 g/mol. The molecule has 12 aromatic rings. The van der Waals surface area contributed by atoms with Crippen molar-refractivity contribution in [1.29, 1.82) is 10.5 Å². The van der Waals surface area contributed by atoms with Crippen LogP contribution in [0.5, 0.6) is 0 Å². The van der Waals surface area contributed by atoms with E-state index in [1.165, 1.54) is 10.8 Å². The predicted octanol–water partition coefficient (Wildman–Crippen LogP) is 12.4. The van der Waals surface area contributed by atoms with E-state index in [0.29, 0.717) is 16.8 Å². The van der Waals surface area contributed by atoms with Gasteiger partial charge in [-0.05, 0) is 66.7 Å². The largest absolute Gasteiger partial charge is 0.354 e. The second kappa shape index (κ2) is 11.2. The van der Waals surface area contributed by atoms with E-state index in [4.69, 9.17) is 0 Å². The van der Waals surface area contributed by atoms with Gasteiger partial charge in [-0.2, -0.15) is 10.5 Å². The summed E-state index contributed by atoms with van der Waals surface area (Å²) in [6.45, 7) is 0. The summed E-state index contributed by atoms with van der Waals surface area (Å²) in [5.41, 5.74) is 11.7. The lowest BCUT2D eigenvalue weighted by Gasteiger charge is -2.16. The Labute approximate surface area is 319 Å². The Balaban J connectivity index is 1.22. The Kier molecular flexibility index (Phi) is 6.10. The number of nitrogens with one attached hydrogen (secondary N) is 1. The SMILES string of the molecule is N#Cc1cc(C#N)c(-n2c3ccc(-n4c5ccccc5c5ccccc54)cc3c3c4[nH]c5ccccc5c4ccc32)cc1-n1c2ccccc2c2ccccc21. The molecule has 6 heteroatoms. The monoisotopic (exact) mass is 712 g/mol. The van der Waals surface area contributed by atoms with E-state index in [9.17, 15) is 10.5 Å². The molecule has 0 unspecified atom stereocenters. The summed E-state index contributed by atoms with van der Waals surface area (Å²) in [7, 11) is 0. The molecule has 1 N–H and O–H groups in total. The van der Waals surface area contributed by atoms with Gasteiger partial charge >= 0.3 is 0 Å². The molecule has 0 bridgehead atoms. The molecule has 0 saturated carbocycles. The van der Waals surface area contributed by atoms with Crippen LogP contribution in [0, 0.1) is 22.7 Å². The third-order valence-electron chi connectivity index (χ3n) is 11.6. The topological polar surface area (TPSA) is 78.2 Å². The van der Waals surface area contributed by atoms with Gasteiger partial charge in [-0.3, -0.25) is 0 Å². The molecular formula is C50H28N6. The lowest BCUT2D eigenvalue weighted by Crippen LogP contribution is -2.04. The second-order valence-corrected chi connectivity index (χ2v) is 14.4. The Bertz CT molecular complexity index is 3630.